The fourth-order valence-corrected chi connectivity index (χ4v) is 3.69. The largest absolute Gasteiger partial charge is 0.389 e. The number of likely N-dealkylation sites (tertiary alicyclic amines) is 2. The second kappa shape index (κ2) is 7.09. The topological polar surface area (TPSA) is 35.9 Å². The summed E-state index contributed by atoms with van der Waals surface area (Å²) in [6.45, 7) is 8.45. The molecule has 3 rings (SSSR count). The summed E-state index contributed by atoms with van der Waals surface area (Å²) in [5.41, 5.74) is 1.40. The Bertz CT molecular complexity index is 465. The molecule has 0 unspecified atom stereocenters. The summed E-state index contributed by atoms with van der Waals surface area (Å²) in [5, 5.41) is 10.1. The molecular formula is C18H28N2O2. The second-order valence-corrected chi connectivity index (χ2v) is 6.95. The van der Waals surface area contributed by atoms with Crippen molar-refractivity contribution in [1.29, 1.82) is 0 Å². The number of benzene rings is 1. The van der Waals surface area contributed by atoms with Crippen LogP contribution < -0.4 is 0 Å². The molecule has 1 aromatic rings. The van der Waals surface area contributed by atoms with Crippen LogP contribution in [0.1, 0.15) is 25.8 Å². The zero-order valence-electron chi connectivity index (χ0n) is 13.7. The molecule has 0 spiro atoms. The van der Waals surface area contributed by atoms with E-state index < -0.39 is 0 Å². The van der Waals surface area contributed by atoms with Crippen LogP contribution in [0.25, 0.3) is 0 Å². The highest BCUT2D eigenvalue weighted by atomic mass is 16.5. The van der Waals surface area contributed by atoms with Crippen LogP contribution in [0.3, 0.4) is 0 Å². The number of nitrogens with zero attached hydrogens (tertiary/aromatic N) is 2. The molecule has 2 saturated heterocycles. The molecule has 4 nitrogen and oxygen atoms in total. The van der Waals surface area contributed by atoms with E-state index in [1.165, 1.54) is 12.0 Å². The number of β-amino-alcohol motifs (C(OH)–C–C–N with tert-alkyl or cyclic N) is 1. The van der Waals surface area contributed by atoms with E-state index >= 15 is 0 Å². The molecule has 0 saturated carbocycles. The van der Waals surface area contributed by atoms with Crippen LogP contribution in [-0.2, 0) is 11.3 Å². The SMILES string of the molecule is CC(C)OC[C@@H](O)CN1C[C@@H]2C[C@H]1CN2Cc1ccccc1. The first-order valence-electron chi connectivity index (χ1n) is 8.43. The number of fused-ring (bicyclic) bond motifs is 2. The summed E-state index contributed by atoms with van der Waals surface area (Å²) in [7, 11) is 0. The third kappa shape index (κ3) is 3.87. The van der Waals surface area contributed by atoms with Crippen LogP contribution in [0.5, 0.6) is 0 Å². The van der Waals surface area contributed by atoms with Gasteiger partial charge in [0.25, 0.3) is 0 Å². The first-order valence-corrected chi connectivity index (χ1v) is 8.43. The predicted molar refractivity (Wildman–Crippen MR) is 87.7 cm³/mol. The average molecular weight is 304 g/mol. The molecule has 0 amide bonds. The summed E-state index contributed by atoms with van der Waals surface area (Å²) >= 11 is 0. The molecule has 1 aromatic carbocycles. The molecule has 2 heterocycles. The summed E-state index contributed by atoms with van der Waals surface area (Å²) in [5.74, 6) is 0. The molecule has 4 heteroatoms. The molecule has 2 bridgehead atoms. The van der Waals surface area contributed by atoms with Crippen molar-refractivity contribution in [1.82, 2.24) is 9.80 Å². The maximum absolute atomic E-state index is 10.1. The van der Waals surface area contributed by atoms with Crippen molar-refractivity contribution in [3.63, 3.8) is 0 Å². The van der Waals surface area contributed by atoms with Gasteiger partial charge >= 0.3 is 0 Å². The lowest BCUT2D eigenvalue weighted by molar-refractivity contribution is -0.0160. The van der Waals surface area contributed by atoms with E-state index in [4.69, 9.17) is 4.74 Å². The molecule has 2 aliphatic heterocycles. The van der Waals surface area contributed by atoms with Gasteiger partial charge in [0.2, 0.25) is 0 Å². The van der Waals surface area contributed by atoms with E-state index in [2.05, 4.69) is 40.1 Å². The number of ether oxygens (including phenoxy) is 1. The van der Waals surface area contributed by atoms with E-state index in [1.54, 1.807) is 0 Å². The van der Waals surface area contributed by atoms with Gasteiger partial charge in [-0.05, 0) is 25.8 Å². The van der Waals surface area contributed by atoms with Crippen LogP contribution in [-0.4, -0.2) is 65.4 Å². The molecule has 0 aliphatic carbocycles. The van der Waals surface area contributed by atoms with Crippen molar-refractivity contribution in [2.24, 2.45) is 0 Å². The Kier molecular flexibility index (Phi) is 5.14. The maximum Gasteiger partial charge on any atom is 0.0900 e. The zero-order valence-corrected chi connectivity index (χ0v) is 13.7. The van der Waals surface area contributed by atoms with Crippen molar-refractivity contribution in [3.8, 4) is 0 Å². The van der Waals surface area contributed by atoms with Gasteiger partial charge in [0.05, 0.1) is 18.8 Å². The van der Waals surface area contributed by atoms with Crippen molar-refractivity contribution < 1.29 is 9.84 Å². The van der Waals surface area contributed by atoms with Gasteiger partial charge in [-0.2, -0.15) is 0 Å². The van der Waals surface area contributed by atoms with Crippen LogP contribution in [0.2, 0.25) is 0 Å². The van der Waals surface area contributed by atoms with Gasteiger partial charge in [-0.3, -0.25) is 9.80 Å². The Morgan fingerprint density at radius 2 is 1.82 bits per heavy atom. The molecule has 22 heavy (non-hydrogen) atoms. The normalized spacial score (nSPS) is 26.9. The van der Waals surface area contributed by atoms with Crippen molar-refractivity contribution >= 4 is 0 Å². The average Bonchev–Trinajstić information content (AvgIpc) is 3.06. The van der Waals surface area contributed by atoms with Crippen molar-refractivity contribution in [3.05, 3.63) is 35.9 Å². The summed E-state index contributed by atoms with van der Waals surface area (Å²) in [6, 6.07) is 11.9. The number of hydrogen-bond acceptors (Lipinski definition) is 4. The number of piperazine rings is 1. The van der Waals surface area contributed by atoms with E-state index in [1.807, 2.05) is 13.8 Å². The first-order chi connectivity index (χ1) is 10.6. The Morgan fingerprint density at radius 3 is 2.45 bits per heavy atom. The second-order valence-electron chi connectivity index (χ2n) is 6.95. The van der Waals surface area contributed by atoms with Gasteiger partial charge in [-0.15, -0.1) is 0 Å². The van der Waals surface area contributed by atoms with Gasteiger partial charge in [0, 0.05) is 38.3 Å². The van der Waals surface area contributed by atoms with Crippen LogP contribution in [0.4, 0.5) is 0 Å². The first kappa shape index (κ1) is 15.9. The quantitative estimate of drug-likeness (QED) is 0.832. The van der Waals surface area contributed by atoms with Crippen LogP contribution in [0.15, 0.2) is 30.3 Å². The number of aliphatic hydroxyl groups is 1. The van der Waals surface area contributed by atoms with E-state index in [-0.39, 0.29) is 12.2 Å². The van der Waals surface area contributed by atoms with Crippen LogP contribution >= 0.6 is 0 Å². The highest BCUT2D eigenvalue weighted by Crippen LogP contribution is 2.31. The Morgan fingerprint density at radius 1 is 1.14 bits per heavy atom. The molecule has 0 aromatic heterocycles. The molecule has 3 atom stereocenters. The molecule has 122 valence electrons. The standard InChI is InChI=1S/C18H28N2O2/c1-14(2)22-13-18(21)12-20-11-16-8-17(20)10-19(16)9-15-6-4-3-5-7-15/h3-7,14,16-18,21H,8-13H2,1-2H3/t16-,17-,18-/m0/s1. The highest BCUT2D eigenvalue weighted by molar-refractivity contribution is 5.15. The minimum Gasteiger partial charge on any atom is -0.389 e. The fourth-order valence-electron chi connectivity index (χ4n) is 3.69. The molecular weight excluding hydrogens is 276 g/mol. The zero-order chi connectivity index (χ0) is 15.5. The van der Waals surface area contributed by atoms with Gasteiger partial charge in [-0.1, -0.05) is 30.3 Å². The van der Waals surface area contributed by atoms with Gasteiger partial charge in [0.1, 0.15) is 0 Å². The maximum atomic E-state index is 10.1. The smallest absolute Gasteiger partial charge is 0.0900 e. The minimum atomic E-state index is -0.371. The lowest BCUT2D eigenvalue weighted by Gasteiger charge is -2.35. The Labute approximate surface area is 133 Å². The number of hydrogen-bond donors (Lipinski definition) is 1. The molecule has 2 fully saturated rings. The van der Waals surface area contributed by atoms with Crippen LogP contribution in [0, 0.1) is 0 Å². The van der Waals surface area contributed by atoms with Crippen molar-refractivity contribution in [2.45, 2.75) is 51.1 Å². The molecule has 2 aliphatic rings. The lowest BCUT2D eigenvalue weighted by atomic mass is 10.2. The fraction of sp³-hybridized carbons (Fsp3) is 0.667. The van der Waals surface area contributed by atoms with Gasteiger partial charge in [-0.25, -0.2) is 0 Å². The van der Waals surface area contributed by atoms with Gasteiger partial charge < -0.3 is 9.84 Å². The third-order valence-corrected chi connectivity index (χ3v) is 4.76. The third-order valence-electron chi connectivity index (χ3n) is 4.76. The molecule has 1 N–H and O–H groups in total. The minimum absolute atomic E-state index is 0.186. The van der Waals surface area contributed by atoms with E-state index in [9.17, 15) is 5.11 Å². The summed E-state index contributed by atoms with van der Waals surface area (Å²) in [4.78, 5) is 5.04. The Hall–Kier alpha value is -0.940. The van der Waals surface area contributed by atoms with Gasteiger partial charge in [0.15, 0.2) is 0 Å². The molecule has 0 radical (unpaired) electrons. The monoisotopic (exact) mass is 304 g/mol. The van der Waals surface area contributed by atoms with E-state index in [0.717, 1.165) is 26.2 Å². The number of aliphatic hydroxyl groups excluding tert-OH is 1. The highest BCUT2D eigenvalue weighted by Gasteiger charge is 2.43. The Balaban J connectivity index is 1.45. The summed E-state index contributed by atoms with van der Waals surface area (Å²) < 4.78 is 5.51. The van der Waals surface area contributed by atoms with E-state index in [0.29, 0.717) is 18.7 Å². The number of rotatable bonds is 7. The summed E-state index contributed by atoms with van der Waals surface area (Å²) in [6.07, 6.45) is 1.06. The predicted octanol–water partition coefficient (Wildman–Crippen LogP) is 1.73. The van der Waals surface area contributed by atoms with Crippen molar-refractivity contribution in [2.75, 3.05) is 26.2 Å². The lowest BCUT2D eigenvalue weighted by Crippen LogP contribution is -2.48.